The maximum absolute atomic E-state index is 5.92. The Morgan fingerprint density at radius 3 is 2.33 bits per heavy atom. The van der Waals surface area contributed by atoms with E-state index in [1.165, 1.54) is 0 Å². The van der Waals surface area contributed by atoms with Gasteiger partial charge in [0, 0.05) is 13.2 Å². The first-order valence-electron chi connectivity index (χ1n) is 8.44. The van der Waals surface area contributed by atoms with Gasteiger partial charge in [-0.1, -0.05) is 30.3 Å². The Balaban J connectivity index is 1.82. The molecule has 4 nitrogen and oxygen atoms in total. The molecule has 0 aliphatic carbocycles. The Bertz CT molecular complexity index is 608. The molecule has 130 valence electrons. The minimum atomic E-state index is 0.547. The van der Waals surface area contributed by atoms with Gasteiger partial charge in [0.1, 0.15) is 24.7 Å². The molecule has 0 bridgehead atoms. The molecule has 0 aliphatic rings. The van der Waals surface area contributed by atoms with Gasteiger partial charge in [-0.2, -0.15) is 0 Å². The van der Waals surface area contributed by atoms with Crippen molar-refractivity contribution in [3.05, 3.63) is 53.6 Å². The zero-order valence-corrected chi connectivity index (χ0v) is 14.8. The first-order chi connectivity index (χ1) is 11.7. The molecule has 0 spiro atoms. The highest BCUT2D eigenvalue weighted by Crippen LogP contribution is 2.24. The van der Waals surface area contributed by atoms with Gasteiger partial charge in [0.25, 0.3) is 0 Å². The smallest absolute Gasteiger partial charge is 0.142 e. The summed E-state index contributed by atoms with van der Waals surface area (Å²) in [6.07, 6.45) is 0. The summed E-state index contributed by atoms with van der Waals surface area (Å²) in [5.41, 5.74) is 3.29. The molecule has 2 aromatic rings. The van der Waals surface area contributed by atoms with Crippen LogP contribution in [0.1, 0.15) is 18.1 Å². The van der Waals surface area contributed by atoms with Crippen molar-refractivity contribution >= 4 is 5.69 Å². The molecule has 0 unspecified atom stereocenters. The monoisotopic (exact) mass is 329 g/mol. The number of para-hydroxylation sites is 3. The van der Waals surface area contributed by atoms with Gasteiger partial charge in [-0.25, -0.2) is 0 Å². The third-order valence-electron chi connectivity index (χ3n) is 3.65. The molecule has 1 N–H and O–H groups in total. The van der Waals surface area contributed by atoms with Gasteiger partial charge in [-0.15, -0.1) is 0 Å². The fourth-order valence-electron chi connectivity index (χ4n) is 2.46. The van der Waals surface area contributed by atoms with Crippen molar-refractivity contribution < 1.29 is 14.2 Å². The van der Waals surface area contributed by atoms with Crippen molar-refractivity contribution in [2.24, 2.45) is 0 Å². The second-order valence-corrected chi connectivity index (χ2v) is 5.54. The number of nitrogens with one attached hydrogen (secondary N) is 1. The topological polar surface area (TPSA) is 39.7 Å². The molecule has 0 aliphatic heterocycles. The van der Waals surface area contributed by atoms with E-state index in [1.54, 1.807) is 0 Å². The lowest BCUT2D eigenvalue weighted by atomic mass is 10.1. The van der Waals surface area contributed by atoms with E-state index in [9.17, 15) is 0 Å². The second kappa shape index (κ2) is 9.83. The van der Waals surface area contributed by atoms with E-state index in [2.05, 4.69) is 31.3 Å². The molecule has 0 saturated heterocycles. The summed E-state index contributed by atoms with van der Waals surface area (Å²) in [6.45, 7) is 9.27. The Kier molecular flexibility index (Phi) is 7.43. The van der Waals surface area contributed by atoms with E-state index in [1.807, 2.05) is 37.3 Å². The van der Waals surface area contributed by atoms with Crippen LogP contribution >= 0.6 is 0 Å². The third kappa shape index (κ3) is 5.46. The van der Waals surface area contributed by atoms with Crippen molar-refractivity contribution in [1.29, 1.82) is 0 Å². The molecule has 0 saturated carbocycles. The SMILES string of the molecule is CCOCCOc1ccccc1NCCOc1c(C)cccc1C. The van der Waals surface area contributed by atoms with E-state index < -0.39 is 0 Å². The lowest BCUT2D eigenvalue weighted by molar-refractivity contribution is 0.110. The molecule has 4 heteroatoms. The maximum atomic E-state index is 5.92. The van der Waals surface area contributed by atoms with Crippen LogP contribution in [0, 0.1) is 13.8 Å². The predicted molar refractivity (Wildman–Crippen MR) is 98.3 cm³/mol. The third-order valence-corrected chi connectivity index (χ3v) is 3.65. The molecule has 0 atom stereocenters. The number of benzene rings is 2. The van der Waals surface area contributed by atoms with E-state index in [0.717, 1.165) is 28.3 Å². The Morgan fingerprint density at radius 2 is 1.58 bits per heavy atom. The minimum Gasteiger partial charge on any atom is -0.491 e. The van der Waals surface area contributed by atoms with Gasteiger partial charge in [-0.3, -0.25) is 0 Å². The van der Waals surface area contributed by atoms with Crippen LogP contribution in [0.5, 0.6) is 11.5 Å². The number of ether oxygens (including phenoxy) is 3. The molecule has 0 radical (unpaired) electrons. The summed E-state index contributed by atoms with van der Waals surface area (Å²) in [4.78, 5) is 0. The van der Waals surface area contributed by atoms with Crippen molar-refractivity contribution in [3.63, 3.8) is 0 Å². The quantitative estimate of drug-likeness (QED) is 0.663. The molecule has 0 aromatic heterocycles. The average Bonchev–Trinajstić information content (AvgIpc) is 2.59. The summed E-state index contributed by atoms with van der Waals surface area (Å²) in [7, 11) is 0. The maximum Gasteiger partial charge on any atom is 0.142 e. The molecular weight excluding hydrogens is 302 g/mol. The lowest BCUT2D eigenvalue weighted by Gasteiger charge is -2.15. The van der Waals surface area contributed by atoms with E-state index in [0.29, 0.717) is 33.0 Å². The van der Waals surface area contributed by atoms with Crippen molar-refractivity contribution in [1.82, 2.24) is 0 Å². The molecule has 24 heavy (non-hydrogen) atoms. The van der Waals surface area contributed by atoms with Crippen LogP contribution < -0.4 is 14.8 Å². The molecular formula is C20H27NO3. The van der Waals surface area contributed by atoms with Crippen molar-refractivity contribution in [2.75, 3.05) is 38.3 Å². The van der Waals surface area contributed by atoms with E-state index in [4.69, 9.17) is 14.2 Å². The van der Waals surface area contributed by atoms with E-state index >= 15 is 0 Å². The number of hydrogen-bond acceptors (Lipinski definition) is 4. The number of aryl methyl sites for hydroxylation is 2. The second-order valence-electron chi connectivity index (χ2n) is 5.54. The van der Waals surface area contributed by atoms with Crippen LogP contribution in [-0.2, 0) is 4.74 Å². The zero-order chi connectivity index (χ0) is 17.2. The van der Waals surface area contributed by atoms with Gasteiger partial charge < -0.3 is 19.5 Å². The standard InChI is InChI=1S/C20H27NO3/c1-4-22-14-15-23-19-11-6-5-10-18(19)21-12-13-24-20-16(2)8-7-9-17(20)3/h5-11,21H,4,12-15H2,1-3H3. The van der Waals surface area contributed by atoms with E-state index in [-0.39, 0.29) is 0 Å². The van der Waals surface area contributed by atoms with Crippen LogP contribution in [0.15, 0.2) is 42.5 Å². The normalized spacial score (nSPS) is 10.5. The molecule has 0 fully saturated rings. The number of anilines is 1. The average molecular weight is 329 g/mol. The summed E-state index contributed by atoms with van der Waals surface area (Å²) < 4.78 is 17.0. The van der Waals surface area contributed by atoms with Gasteiger partial charge in [0.15, 0.2) is 0 Å². The Hall–Kier alpha value is -2.20. The zero-order valence-electron chi connectivity index (χ0n) is 14.8. The Labute approximate surface area is 144 Å². The first-order valence-corrected chi connectivity index (χ1v) is 8.44. The van der Waals surface area contributed by atoms with Crippen LogP contribution in [-0.4, -0.2) is 33.0 Å². The fourth-order valence-corrected chi connectivity index (χ4v) is 2.46. The lowest BCUT2D eigenvalue weighted by Crippen LogP contribution is -2.14. The highest BCUT2D eigenvalue weighted by atomic mass is 16.5. The van der Waals surface area contributed by atoms with Crippen LogP contribution in [0.25, 0.3) is 0 Å². The van der Waals surface area contributed by atoms with Gasteiger partial charge >= 0.3 is 0 Å². The number of hydrogen-bond donors (Lipinski definition) is 1. The molecule has 0 heterocycles. The summed E-state index contributed by atoms with van der Waals surface area (Å²) >= 11 is 0. The van der Waals surface area contributed by atoms with Crippen LogP contribution in [0.3, 0.4) is 0 Å². The minimum absolute atomic E-state index is 0.547. The molecule has 0 amide bonds. The fraction of sp³-hybridized carbons (Fsp3) is 0.400. The van der Waals surface area contributed by atoms with Crippen LogP contribution in [0.4, 0.5) is 5.69 Å². The molecule has 2 rings (SSSR count). The first kappa shape index (κ1) is 18.1. The van der Waals surface area contributed by atoms with Gasteiger partial charge in [0.2, 0.25) is 0 Å². The summed E-state index contributed by atoms with van der Waals surface area (Å²) in [6, 6.07) is 14.1. The Morgan fingerprint density at radius 1 is 0.833 bits per heavy atom. The highest BCUT2D eigenvalue weighted by Gasteiger charge is 2.04. The highest BCUT2D eigenvalue weighted by molar-refractivity contribution is 5.56. The number of rotatable bonds is 10. The van der Waals surface area contributed by atoms with Crippen molar-refractivity contribution in [3.8, 4) is 11.5 Å². The predicted octanol–water partition coefficient (Wildman–Crippen LogP) is 4.21. The van der Waals surface area contributed by atoms with Gasteiger partial charge in [-0.05, 0) is 44.0 Å². The van der Waals surface area contributed by atoms with Crippen LogP contribution in [0.2, 0.25) is 0 Å². The largest absolute Gasteiger partial charge is 0.491 e. The summed E-state index contributed by atoms with van der Waals surface area (Å²) in [5.74, 6) is 1.81. The van der Waals surface area contributed by atoms with Crippen molar-refractivity contribution in [2.45, 2.75) is 20.8 Å². The molecule has 2 aromatic carbocycles. The summed E-state index contributed by atoms with van der Waals surface area (Å²) in [5, 5.41) is 3.37. The van der Waals surface area contributed by atoms with Gasteiger partial charge in [0.05, 0.1) is 12.3 Å².